The molecule has 0 radical (unpaired) electrons. The van der Waals surface area contributed by atoms with E-state index >= 15 is 0 Å². The van der Waals surface area contributed by atoms with Gasteiger partial charge in [-0.15, -0.1) is 0 Å². The smallest absolute Gasteiger partial charge is 0.323 e. The molecule has 3 aliphatic rings. The number of fused-ring (bicyclic) bond motifs is 2. The number of sulfonamides is 2. The predicted octanol–water partition coefficient (Wildman–Crippen LogP) is 3.95. The van der Waals surface area contributed by atoms with Gasteiger partial charge in [0.05, 0.1) is 35.3 Å². The Morgan fingerprint density at radius 3 is 2.43 bits per heavy atom. The fraction of sp³-hybridized carbons (Fsp3) is 0.421. The number of primary sulfonamides is 1. The molecular weight excluding hydrogens is 786 g/mol. The minimum absolute atomic E-state index is 0.0143. The molecule has 2 heterocycles. The molecule has 2 amide bonds. The van der Waals surface area contributed by atoms with Crippen molar-refractivity contribution in [3.05, 3.63) is 82.9 Å². The second-order valence-electron chi connectivity index (χ2n) is 14.0. The van der Waals surface area contributed by atoms with Gasteiger partial charge in [-0.25, -0.2) is 22.0 Å². The van der Waals surface area contributed by atoms with E-state index in [1.807, 2.05) is 42.5 Å². The van der Waals surface area contributed by atoms with E-state index < -0.39 is 60.7 Å². The van der Waals surface area contributed by atoms with E-state index in [0.29, 0.717) is 50.6 Å². The number of halogens is 1. The second kappa shape index (κ2) is 18.1. The summed E-state index contributed by atoms with van der Waals surface area (Å²) in [5.41, 5.74) is 2.04. The maximum absolute atomic E-state index is 13.9. The van der Waals surface area contributed by atoms with Gasteiger partial charge in [0.2, 0.25) is 31.9 Å². The van der Waals surface area contributed by atoms with Crippen molar-refractivity contribution in [1.82, 2.24) is 10.0 Å². The number of aliphatic carboxylic acids is 1. The normalized spacial score (nSPS) is 18.8. The van der Waals surface area contributed by atoms with Crippen molar-refractivity contribution in [3.8, 4) is 0 Å². The van der Waals surface area contributed by atoms with Crippen LogP contribution < -0.4 is 25.4 Å². The molecule has 1 aliphatic carbocycles. The van der Waals surface area contributed by atoms with Gasteiger partial charge in [-0.05, 0) is 81.2 Å². The Balaban J connectivity index is 0.000000293. The van der Waals surface area contributed by atoms with E-state index in [1.165, 1.54) is 11.0 Å². The molecule has 0 saturated heterocycles. The van der Waals surface area contributed by atoms with Gasteiger partial charge in [-0.3, -0.25) is 24.1 Å². The Morgan fingerprint density at radius 2 is 1.77 bits per heavy atom. The van der Waals surface area contributed by atoms with E-state index in [9.17, 15) is 41.1 Å². The highest BCUT2D eigenvalue weighted by Crippen LogP contribution is 2.45. The van der Waals surface area contributed by atoms with Crippen LogP contribution in [0.25, 0.3) is 0 Å². The molecule has 302 valence electrons. The third-order valence-corrected chi connectivity index (χ3v) is 13.1. The lowest BCUT2D eigenvalue weighted by Crippen LogP contribution is -2.53. The first-order valence-corrected chi connectivity index (χ1v) is 21.7. The van der Waals surface area contributed by atoms with Gasteiger partial charge in [0.25, 0.3) is 0 Å². The average molecular weight is 832 g/mol. The molecule has 0 bridgehead atoms. The van der Waals surface area contributed by atoms with Crippen LogP contribution in [0.15, 0.2) is 76.5 Å². The molecule has 0 unspecified atom stereocenters. The first-order chi connectivity index (χ1) is 26.5. The van der Waals surface area contributed by atoms with Crippen LogP contribution in [0.5, 0.6) is 0 Å². The number of hydrogen-bond donors (Lipinski definition) is 5. The number of nitrogens with one attached hydrogen (secondary N) is 3. The fourth-order valence-electron chi connectivity index (χ4n) is 7.47. The molecule has 0 spiro atoms. The maximum Gasteiger partial charge on any atom is 0.323 e. The summed E-state index contributed by atoms with van der Waals surface area (Å²) in [6.45, 7) is 1.59. The van der Waals surface area contributed by atoms with Crippen LogP contribution >= 0.6 is 11.6 Å². The molecule has 1 saturated carbocycles. The summed E-state index contributed by atoms with van der Waals surface area (Å²) in [5.74, 6) is -2.50. The summed E-state index contributed by atoms with van der Waals surface area (Å²) in [6.07, 6.45) is 5.58. The van der Waals surface area contributed by atoms with Gasteiger partial charge in [0.1, 0.15) is 22.4 Å². The highest BCUT2D eigenvalue weighted by Gasteiger charge is 2.46. The molecule has 2 atom stereocenters. The van der Waals surface area contributed by atoms with Gasteiger partial charge < -0.3 is 20.5 Å². The van der Waals surface area contributed by atoms with E-state index in [-0.39, 0.29) is 40.8 Å². The van der Waals surface area contributed by atoms with Gasteiger partial charge in [-0.1, -0.05) is 73.0 Å². The van der Waals surface area contributed by atoms with Crippen LogP contribution in [0, 0.1) is 11.3 Å². The molecule has 0 aromatic heterocycles. The number of nitrogens with two attached hydrogens (primary N) is 1. The standard InChI is InChI=1S/C31H38N2O6.C7H8ClN3O4S2/c1-2-39-29(37)24(15-14-22-10-4-3-5-11-22)20-31(18-8-9-19-31)30(38)32-25-17-16-23-12-6-7-13-26(23)33(28(25)36)21-27(34)35;8-4-1-5-7(2-6(4)16(9,12)13)17(14,15)11-3-10-5/h3-7,10-13,24-25H,2,8-9,14-21H2,1H3,(H,32,38)(H,34,35);1-2,10-11H,3H2,(H2,9,12,13)/t24-,25+;/m1./s1. The van der Waals surface area contributed by atoms with Crippen LogP contribution in [-0.2, 0) is 56.8 Å². The molecule has 6 N–H and O–H groups in total. The summed E-state index contributed by atoms with van der Waals surface area (Å²) in [7, 11) is -7.80. The lowest BCUT2D eigenvalue weighted by atomic mass is 9.75. The van der Waals surface area contributed by atoms with Crippen LogP contribution in [0.1, 0.15) is 63.0 Å². The molecule has 18 heteroatoms. The van der Waals surface area contributed by atoms with Gasteiger partial charge in [0.15, 0.2) is 0 Å². The van der Waals surface area contributed by atoms with E-state index in [2.05, 4.69) is 15.4 Å². The predicted molar refractivity (Wildman–Crippen MR) is 209 cm³/mol. The first kappa shape index (κ1) is 42.6. The molecular formula is C38H46ClN5O10S2. The number of carbonyl (C=O) groups is 4. The zero-order valence-electron chi connectivity index (χ0n) is 30.8. The second-order valence-corrected chi connectivity index (χ2v) is 17.7. The van der Waals surface area contributed by atoms with Crippen molar-refractivity contribution in [3.63, 3.8) is 0 Å². The van der Waals surface area contributed by atoms with Crippen molar-refractivity contribution in [1.29, 1.82) is 0 Å². The van der Waals surface area contributed by atoms with Gasteiger partial charge in [0, 0.05) is 5.69 Å². The largest absolute Gasteiger partial charge is 0.480 e. The van der Waals surface area contributed by atoms with Gasteiger partial charge >= 0.3 is 11.9 Å². The number of rotatable bonds is 12. The number of nitrogens with zero attached hydrogens (tertiary/aromatic N) is 1. The lowest BCUT2D eigenvalue weighted by molar-refractivity contribution is -0.150. The summed E-state index contributed by atoms with van der Waals surface area (Å²) in [4.78, 5) is 52.7. The molecule has 3 aromatic carbocycles. The van der Waals surface area contributed by atoms with Crippen LogP contribution in [0.4, 0.5) is 11.4 Å². The number of anilines is 2. The number of para-hydroxylation sites is 1. The van der Waals surface area contributed by atoms with Crippen LogP contribution in [0.3, 0.4) is 0 Å². The van der Waals surface area contributed by atoms with Crippen molar-refractivity contribution in [2.75, 3.05) is 30.0 Å². The molecule has 3 aromatic rings. The highest BCUT2D eigenvalue weighted by atomic mass is 35.5. The topological polar surface area (TPSA) is 231 Å². The van der Waals surface area contributed by atoms with E-state index in [1.54, 1.807) is 19.1 Å². The summed E-state index contributed by atoms with van der Waals surface area (Å²) < 4.78 is 53.3. The van der Waals surface area contributed by atoms with Crippen molar-refractivity contribution >= 4 is 66.8 Å². The number of hydrogen-bond acceptors (Lipinski definition) is 10. The van der Waals surface area contributed by atoms with Crippen molar-refractivity contribution < 1.29 is 45.9 Å². The van der Waals surface area contributed by atoms with Crippen molar-refractivity contribution in [2.24, 2.45) is 16.5 Å². The number of carboxylic acids is 1. The number of carbonyl (C=O) groups excluding carboxylic acids is 3. The highest BCUT2D eigenvalue weighted by molar-refractivity contribution is 7.90. The number of esters is 1. The number of aryl methyl sites for hydroxylation is 2. The monoisotopic (exact) mass is 831 g/mol. The molecule has 6 rings (SSSR count). The minimum atomic E-state index is -4.07. The van der Waals surface area contributed by atoms with E-state index in [0.717, 1.165) is 30.0 Å². The Kier molecular flexibility index (Phi) is 13.8. The molecule has 2 aliphatic heterocycles. The fourth-order valence-corrected chi connectivity index (χ4v) is 9.76. The molecule has 1 fully saturated rings. The van der Waals surface area contributed by atoms with Crippen LogP contribution in [0.2, 0.25) is 5.02 Å². The number of carboxylic acid groups (broad SMARTS) is 1. The Morgan fingerprint density at radius 1 is 1.09 bits per heavy atom. The quantitative estimate of drug-likeness (QED) is 0.164. The van der Waals surface area contributed by atoms with Crippen molar-refractivity contribution in [2.45, 2.75) is 80.5 Å². The molecule has 15 nitrogen and oxygen atoms in total. The summed E-state index contributed by atoms with van der Waals surface area (Å²) in [6, 6.07) is 18.5. The zero-order chi connectivity index (χ0) is 40.7. The minimum Gasteiger partial charge on any atom is -0.480 e. The zero-order valence-corrected chi connectivity index (χ0v) is 33.2. The average Bonchev–Trinajstić information content (AvgIpc) is 3.59. The third kappa shape index (κ3) is 10.2. The van der Waals surface area contributed by atoms with Crippen LogP contribution in [-0.4, -0.2) is 71.6 Å². The third-order valence-electron chi connectivity index (χ3n) is 10.2. The summed E-state index contributed by atoms with van der Waals surface area (Å²) >= 11 is 5.72. The summed E-state index contributed by atoms with van der Waals surface area (Å²) in [5, 5.41) is 20.0. The Labute approximate surface area is 331 Å². The lowest BCUT2D eigenvalue weighted by Gasteiger charge is -2.33. The molecule has 56 heavy (non-hydrogen) atoms. The first-order valence-electron chi connectivity index (χ1n) is 18.3. The number of ether oxygens (including phenoxy) is 1. The van der Waals surface area contributed by atoms with E-state index in [4.69, 9.17) is 21.5 Å². The Bertz CT molecular complexity index is 2160. The maximum atomic E-state index is 13.9. The van der Waals surface area contributed by atoms with Gasteiger partial charge in [-0.2, -0.15) is 4.72 Å². The Hall–Kier alpha value is -4.55. The number of amides is 2. The SMILES string of the molecule is CCOC(=O)[C@H](CCc1ccccc1)CC1(C(=O)N[C@H]2CCc3ccccc3N(CC(=O)O)C2=O)CCCC1.NS(=O)(=O)c1cc2c(cc1Cl)NCNS2(=O)=O. The number of benzene rings is 3.